The van der Waals surface area contributed by atoms with E-state index < -0.39 is 6.43 Å². The molecule has 0 aliphatic carbocycles. The van der Waals surface area contributed by atoms with Crippen LogP contribution in [0, 0.1) is 12.8 Å². The lowest BCUT2D eigenvalue weighted by atomic mass is 10.1. The number of nitrogens with zero attached hydrogens (tertiary/aromatic N) is 7. The molecule has 2 aromatic heterocycles. The standard InChI is InChI=1S/C24H27F2N7O3/c1-16-20(33(30-27-16)19-4-2-18(3-5-19)24(25)26)15-36-22-7-6-21(28-29-22)31-9-10-32(23(34)13-31)12-17-8-11-35-14-17/h2-7,17,24H,8-15H2,1H3. The lowest BCUT2D eigenvalue weighted by Gasteiger charge is -2.35. The molecule has 12 heteroatoms. The van der Waals surface area contributed by atoms with Crippen molar-refractivity contribution in [3.8, 4) is 11.6 Å². The predicted molar refractivity (Wildman–Crippen MR) is 125 cm³/mol. The number of carbonyl (C=O) groups is 1. The molecular weight excluding hydrogens is 472 g/mol. The number of ether oxygens (including phenoxy) is 2. The van der Waals surface area contributed by atoms with Gasteiger partial charge in [-0.15, -0.1) is 15.3 Å². The molecule has 190 valence electrons. The number of alkyl halides is 2. The molecule has 0 N–H and O–H groups in total. The van der Waals surface area contributed by atoms with E-state index in [1.54, 1.807) is 35.9 Å². The Hall–Kier alpha value is -3.67. The van der Waals surface area contributed by atoms with Crippen LogP contribution in [0.25, 0.3) is 5.69 Å². The largest absolute Gasteiger partial charge is 0.470 e. The summed E-state index contributed by atoms with van der Waals surface area (Å²) in [6.45, 7) is 5.74. The van der Waals surface area contributed by atoms with Crippen LogP contribution in [-0.4, -0.2) is 75.4 Å². The van der Waals surface area contributed by atoms with Crippen LogP contribution in [-0.2, 0) is 16.1 Å². The summed E-state index contributed by atoms with van der Waals surface area (Å²) in [6, 6.07) is 9.34. The number of carbonyl (C=O) groups excluding carboxylic acids is 1. The van der Waals surface area contributed by atoms with Gasteiger partial charge in [-0.2, -0.15) is 0 Å². The van der Waals surface area contributed by atoms with Crippen molar-refractivity contribution in [2.24, 2.45) is 5.92 Å². The van der Waals surface area contributed by atoms with Gasteiger partial charge in [-0.25, -0.2) is 13.5 Å². The molecular formula is C24H27F2N7O3. The van der Waals surface area contributed by atoms with Gasteiger partial charge >= 0.3 is 0 Å². The molecule has 36 heavy (non-hydrogen) atoms. The second-order valence-electron chi connectivity index (χ2n) is 8.93. The van der Waals surface area contributed by atoms with Crippen LogP contribution in [0.15, 0.2) is 36.4 Å². The Morgan fingerprint density at radius 3 is 2.61 bits per heavy atom. The number of aromatic nitrogens is 5. The number of aryl methyl sites for hydroxylation is 1. The van der Waals surface area contributed by atoms with E-state index >= 15 is 0 Å². The monoisotopic (exact) mass is 499 g/mol. The first-order valence-electron chi connectivity index (χ1n) is 11.8. The molecule has 0 spiro atoms. The van der Waals surface area contributed by atoms with Crippen molar-refractivity contribution < 1.29 is 23.0 Å². The van der Waals surface area contributed by atoms with E-state index in [4.69, 9.17) is 9.47 Å². The molecule has 1 unspecified atom stereocenters. The van der Waals surface area contributed by atoms with Crippen LogP contribution >= 0.6 is 0 Å². The zero-order chi connectivity index (χ0) is 25.1. The van der Waals surface area contributed by atoms with Crippen LogP contribution in [0.1, 0.15) is 29.8 Å². The number of hydrogen-bond acceptors (Lipinski definition) is 8. The van der Waals surface area contributed by atoms with Crippen molar-refractivity contribution in [1.82, 2.24) is 30.1 Å². The van der Waals surface area contributed by atoms with Gasteiger partial charge < -0.3 is 19.3 Å². The van der Waals surface area contributed by atoms with E-state index in [0.717, 1.165) is 26.2 Å². The van der Waals surface area contributed by atoms with Crippen LogP contribution < -0.4 is 9.64 Å². The maximum atomic E-state index is 12.9. The Bertz CT molecular complexity index is 1180. The fraction of sp³-hybridized carbons (Fsp3) is 0.458. The smallest absolute Gasteiger partial charge is 0.263 e. The zero-order valence-corrected chi connectivity index (χ0v) is 19.9. The topological polar surface area (TPSA) is 98.5 Å². The fourth-order valence-corrected chi connectivity index (χ4v) is 4.35. The van der Waals surface area contributed by atoms with Crippen molar-refractivity contribution in [2.75, 3.05) is 44.3 Å². The summed E-state index contributed by atoms with van der Waals surface area (Å²) in [7, 11) is 0. The second-order valence-corrected chi connectivity index (χ2v) is 8.93. The van der Waals surface area contributed by atoms with Gasteiger partial charge in [0.15, 0.2) is 5.82 Å². The third kappa shape index (κ3) is 5.27. The zero-order valence-electron chi connectivity index (χ0n) is 19.9. The van der Waals surface area contributed by atoms with Gasteiger partial charge in [0.05, 0.1) is 24.5 Å². The Kier molecular flexibility index (Phi) is 7.03. The van der Waals surface area contributed by atoms with E-state index in [9.17, 15) is 13.6 Å². The maximum absolute atomic E-state index is 12.9. The number of amides is 1. The molecule has 10 nitrogen and oxygen atoms in total. The quantitative estimate of drug-likeness (QED) is 0.467. The van der Waals surface area contributed by atoms with Crippen LogP contribution in [0.5, 0.6) is 5.88 Å². The molecule has 1 aromatic carbocycles. The van der Waals surface area contributed by atoms with Gasteiger partial charge in [-0.3, -0.25) is 4.79 Å². The van der Waals surface area contributed by atoms with E-state index in [1.165, 1.54) is 12.1 Å². The normalized spacial score (nSPS) is 18.3. The van der Waals surface area contributed by atoms with Crippen LogP contribution in [0.3, 0.4) is 0 Å². The number of hydrogen-bond donors (Lipinski definition) is 0. The number of benzene rings is 1. The van der Waals surface area contributed by atoms with E-state index in [0.29, 0.717) is 47.8 Å². The van der Waals surface area contributed by atoms with Gasteiger partial charge in [-0.1, -0.05) is 17.3 Å². The van der Waals surface area contributed by atoms with Gasteiger partial charge in [0.25, 0.3) is 6.43 Å². The molecule has 3 aromatic rings. The molecule has 0 radical (unpaired) electrons. The lowest BCUT2D eigenvalue weighted by molar-refractivity contribution is -0.131. The summed E-state index contributed by atoms with van der Waals surface area (Å²) in [6.07, 6.45) is -1.53. The first kappa shape index (κ1) is 24.0. The molecule has 1 amide bonds. The van der Waals surface area contributed by atoms with Crippen molar-refractivity contribution in [2.45, 2.75) is 26.4 Å². The highest BCUT2D eigenvalue weighted by molar-refractivity contribution is 5.82. The molecule has 4 heterocycles. The molecule has 0 saturated carbocycles. The summed E-state index contributed by atoms with van der Waals surface area (Å²) in [5, 5.41) is 16.6. The third-order valence-electron chi connectivity index (χ3n) is 6.48. The van der Waals surface area contributed by atoms with Gasteiger partial charge in [0, 0.05) is 43.8 Å². The first-order valence-corrected chi connectivity index (χ1v) is 11.8. The Morgan fingerprint density at radius 1 is 1.11 bits per heavy atom. The minimum Gasteiger partial charge on any atom is -0.470 e. The van der Waals surface area contributed by atoms with Gasteiger partial charge in [0.2, 0.25) is 11.8 Å². The fourth-order valence-electron chi connectivity index (χ4n) is 4.35. The molecule has 2 fully saturated rings. The highest BCUT2D eigenvalue weighted by Gasteiger charge is 2.28. The summed E-state index contributed by atoms with van der Waals surface area (Å²) < 4.78 is 38.5. The third-order valence-corrected chi connectivity index (χ3v) is 6.48. The SMILES string of the molecule is Cc1nnn(-c2ccc(C(F)F)cc2)c1COc1ccc(N2CCN(CC3CCOC3)C(=O)C2)nn1. The number of rotatable bonds is 8. The highest BCUT2D eigenvalue weighted by atomic mass is 19.3. The van der Waals surface area contributed by atoms with Gasteiger partial charge in [-0.05, 0) is 31.5 Å². The summed E-state index contributed by atoms with van der Waals surface area (Å²) in [5.74, 6) is 1.42. The summed E-state index contributed by atoms with van der Waals surface area (Å²) >= 11 is 0. The van der Waals surface area contributed by atoms with Crippen LogP contribution in [0.4, 0.5) is 14.6 Å². The number of halogens is 2. The Labute approximate surface area is 206 Å². The minimum atomic E-state index is -2.53. The highest BCUT2D eigenvalue weighted by Crippen LogP contribution is 2.22. The maximum Gasteiger partial charge on any atom is 0.263 e. The average molecular weight is 500 g/mol. The predicted octanol–water partition coefficient (Wildman–Crippen LogP) is 2.57. The summed E-state index contributed by atoms with van der Waals surface area (Å²) in [5.41, 5.74) is 1.86. The number of piperazine rings is 1. The lowest BCUT2D eigenvalue weighted by Crippen LogP contribution is -2.52. The molecule has 0 bridgehead atoms. The molecule has 2 aliphatic rings. The Balaban J connectivity index is 1.18. The van der Waals surface area contributed by atoms with Crippen molar-refractivity contribution in [1.29, 1.82) is 0 Å². The molecule has 2 aliphatic heterocycles. The molecule has 2 saturated heterocycles. The second kappa shape index (κ2) is 10.5. The van der Waals surface area contributed by atoms with E-state index in [2.05, 4.69) is 20.5 Å². The van der Waals surface area contributed by atoms with Crippen LogP contribution in [0.2, 0.25) is 0 Å². The van der Waals surface area contributed by atoms with E-state index in [-0.39, 0.29) is 24.6 Å². The average Bonchev–Trinajstić information content (AvgIpc) is 3.54. The molecule has 5 rings (SSSR count). The van der Waals surface area contributed by atoms with Crippen molar-refractivity contribution >= 4 is 11.7 Å². The first-order chi connectivity index (χ1) is 17.5. The Morgan fingerprint density at radius 2 is 1.94 bits per heavy atom. The molecule has 1 atom stereocenters. The summed E-state index contributed by atoms with van der Waals surface area (Å²) in [4.78, 5) is 16.4. The van der Waals surface area contributed by atoms with Gasteiger partial charge in [0.1, 0.15) is 12.3 Å². The van der Waals surface area contributed by atoms with E-state index in [1.807, 2.05) is 9.80 Å². The minimum absolute atomic E-state index is 0.0599. The van der Waals surface area contributed by atoms with Crippen molar-refractivity contribution in [3.05, 3.63) is 53.3 Å². The van der Waals surface area contributed by atoms with Crippen molar-refractivity contribution in [3.63, 3.8) is 0 Å². The number of anilines is 1.